The Kier molecular flexibility index (Phi) is 4.08. The van der Waals surface area contributed by atoms with Crippen LogP contribution >= 0.6 is 23.1 Å². The van der Waals surface area contributed by atoms with E-state index in [9.17, 15) is 4.79 Å². The van der Waals surface area contributed by atoms with Crippen molar-refractivity contribution in [1.29, 1.82) is 0 Å². The molecule has 0 aliphatic carbocycles. The van der Waals surface area contributed by atoms with Gasteiger partial charge in [0, 0.05) is 11.4 Å². The quantitative estimate of drug-likeness (QED) is 0.586. The van der Waals surface area contributed by atoms with Crippen LogP contribution in [-0.4, -0.2) is 27.1 Å². The maximum Gasteiger partial charge on any atom is 0.274 e. The lowest BCUT2D eigenvalue weighted by Gasteiger charge is -2.06. The van der Waals surface area contributed by atoms with E-state index in [1.54, 1.807) is 17.4 Å². The summed E-state index contributed by atoms with van der Waals surface area (Å²) >= 11 is 3.02. The zero-order valence-corrected chi connectivity index (χ0v) is 14.0. The second-order valence-corrected chi connectivity index (χ2v) is 6.76. The molecule has 0 fully saturated rings. The Balaban J connectivity index is 1.87. The number of anilines is 1. The summed E-state index contributed by atoms with van der Waals surface area (Å²) in [4.78, 5) is 25.3. The van der Waals surface area contributed by atoms with Crippen molar-refractivity contribution < 1.29 is 4.79 Å². The number of thiazole rings is 1. The molecular weight excluding hydrogens is 316 g/mol. The standard InChI is InChI=1S/C15H14N4OS2/c1-8-6-12(19-15(16-8)21-3)14(20)18-10-4-5-11-13(7-10)22-9(2)17-11/h4-7H,1-3H3,(H,18,20). The molecule has 0 bridgehead atoms. The minimum atomic E-state index is -0.235. The number of rotatable bonds is 3. The van der Waals surface area contributed by atoms with E-state index in [0.717, 1.165) is 26.6 Å². The number of hydrogen-bond donors (Lipinski definition) is 1. The number of fused-ring (bicyclic) bond motifs is 1. The van der Waals surface area contributed by atoms with Crippen molar-refractivity contribution in [1.82, 2.24) is 15.0 Å². The number of nitrogens with one attached hydrogen (secondary N) is 1. The lowest BCUT2D eigenvalue weighted by molar-refractivity contribution is 0.102. The molecule has 2 heterocycles. The molecule has 22 heavy (non-hydrogen) atoms. The van der Waals surface area contributed by atoms with E-state index in [1.807, 2.05) is 38.3 Å². The van der Waals surface area contributed by atoms with E-state index in [2.05, 4.69) is 20.3 Å². The maximum absolute atomic E-state index is 12.4. The number of nitrogens with zero attached hydrogens (tertiary/aromatic N) is 3. The fraction of sp³-hybridized carbons (Fsp3) is 0.200. The van der Waals surface area contributed by atoms with Gasteiger partial charge in [-0.25, -0.2) is 15.0 Å². The van der Waals surface area contributed by atoms with Crippen LogP contribution in [0.1, 0.15) is 21.2 Å². The molecule has 3 rings (SSSR count). The highest BCUT2D eigenvalue weighted by Crippen LogP contribution is 2.25. The molecule has 7 heteroatoms. The van der Waals surface area contributed by atoms with Crippen molar-refractivity contribution in [3.63, 3.8) is 0 Å². The first-order chi connectivity index (χ1) is 10.5. The van der Waals surface area contributed by atoms with Gasteiger partial charge in [-0.3, -0.25) is 4.79 Å². The average Bonchev–Trinajstić information content (AvgIpc) is 2.85. The van der Waals surface area contributed by atoms with E-state index in [4.69, 9.17) is 0 Å². The normalized spacial score (nSPS) is 10.9. The molecule has 2 aromatic heterocycles. The van der Waals surface area contributed by atoms with Crippen LogP contribution in [0.25, 0.3) is 10.2 Å². The number of aryl methyl sites for hydroxylation is 2. The van der Waals surface area contributed by atoms with Crippen molar-refractivity contribution in [2.75, 3.05) is 11.6 Å². The molecule has 0 atom stereocenters. The smallest absolute Gasteiger partial charge is 0.274 e. The highest BCUT2D eigenvalue weighted by atomic mass is 32.2. The van der Waals surface area contributed by atoms with E-state index in [0.29, 0.717) is 10.9 Å². The minimum absolute atomic E-state index is 0.235. The topological polar surface area (TPSA) is 67.8 Å². The van der Waals surface area contributed by atoms with Gasteiger partial charge in [0.05, 0.1) is 15.2 Å². The number of thioether (sulfide) groups is 1. The molecular formula is C15H14N4OS2. The molecule has 1 aromatic carbocycles. The number of amides is 1. The Morgan fingerprint density at radius 2 is 2.00 bits per heavy atom. The summed E-state index contributed by atoms with van der Waals surface area (Å²) in [5.41, 5.74) is 2.83. The number of carbonyl (C=O) groups excluding carboxylic acids is 1. The maximum atomic E-state index is 12.4. The summed E-state index contributed by atoms with van der Waals surface area (Å²) < 4.78 is 1.05. The Morgan fingerprint density at radius 3 is 2.77 bits per heavy atom. The van der Waals surface area contributed by atoms with Crippen LogP contribution in [0.2, 0.25) is 0 Å². The molecule has 0 unspecified atom stereocenters. The number of benzene rings is 1. The molecule has 0 aliphatic rings. The Bertz CT molecular complexity index is 860. The van der Waals surface area contributed by atoms with E-state index in [1.165, 1.54) is 11.8 Å². The monoisotopic (exact) mass is 330 g/mol. The van der Waals surface area contributed by atoms with Crippen LogP contribution in [0, 0.1) is 13.8 Å². The summed E-state index contributed by atoms with van der Waals surface area (Å²) in [5.74, 6) is -0.235. The van der Waals surface area contributed by atoms with Gasteiger partial charge < -0.3 is 5.32 Å². The van der Waals surface area contributed by atoms with Gasteiger partial charge in [0.1, 0.15) is 5.69 Å². The minimum Gasteiger partial charge on any atom is -0.321 e. The molecule has 5 nitrogen and oxygen atoms in total. The number of hydrogen-bond acceptors (Lipinski definition) is 6. The highest BCUT2D eigenvalue weighted by molar-refractivity contribution is 7.98. The summed E-state index contributed by atoms with van der Waals surface area (Å²) in [6.07, 6.45) is 1.89. The molecule has 0 saturated heterocycles. The van der Waals surface area contributed by atoms with Crippen LogP contribution in [0.3, 0.4) is 0 Å². The van der Waals surface area contributed by atoms with Gasteiger partial charge in [-0.05, 0) is 44.4 Å². The first-order valence-electron chi connectivity index (χ1n) is 6.63. The predicted octanol–water partition coefficient (Wildman–Crippen LogP) is 3.68. The number of aromatic nitrogens is 3. The third kappa shape index (κ3) is 3.10. The molecule has 0 aliphatic heterocycles. The van der Waals surface area contributed by atoms with E-state index in [-0.39, 0.29) is 5.91 Å². The Labute approximate surface area is 136 Å². The van der Waals surface area contributed by atoms with Gasteiger partial charge in [0.25, 0.3) is 5.91 Å². The second-order valence-electron chi connectivity index (χ2n) is 4.75. The summed E-state index contributed by atoms with van der Waals surface area (Å²) in [7, 11) is 0. The number of carbonyl (C=O) groups is 1. The molecule has 0 saturated carbocycles. The van der Waals surface area contributed by atoms with Crippen LogP contribution in [0.4, 0.5) is 5.69 Å². The zero-order chi connectivity index (χ0) is 15.7. The van der Waals surface area contributed by atoms with E-state index >= 15 is 0 Å². The van der Waals surface area contributed by atoms with Gasteiger partial charge >= 0.3 is 0 Å². The first-order valence-corrected chi connectivity index (χ1v) is 8.67. The fourth-order valence-corrected chi connectivity index (χ4v) is 3.35. The highest BCUT2D eigenvalue weighted by Gasteiger charge is 2.11. The fourth-order valence-electron chi connectivity index (χ4n) is 2.06. The zero-order valence-electron chi connectivity index (χ0n) is 12.4. The van der Waals surface area contributed by atoms with Gasteiger partial charge in [0.15, 0.2) is 5.16 Å². The van der Waals surface area contributed by atoms with Crippen LogP contribution < -0.4 is 5.32 Å². The molecule has 0 radical (unpaired) electrons. The first kappa shape index (κ1) is 14.9. The van der Waals surface area contributed by atoms with Gasteiger partial charge in [-0.15, -0.1) is 11.3 Å². The van der Waals surface area contributed by atoms with Crippen LogP contribution in [-0.2, 0) is 0 Å². The van der Waals surface area contributed by atoms with Crippen molar-refractivity contribution in [3.05, 3.63) is 40.7 Å². The van der Waals surface area contributed by atoms with E-state index < -0.39 is 0 Å². The molecule has 112 valence electrons. The Morgan fingerprint density at radius 1 is 1.18 bits per heavy atom. The predicted molar refractivity (Wildman–Crippen MR) is 90.9 cm³/mol. The largest absolute Gasteiger partial charge is 0.321 e. The lowest BCUT2D eigenvalue weighted by atomic mass is 10.2. The lowest BCUT2D eigenvalue weighted by Crippen LogP contribution is -2.14. The average molecular weight is 330 g/mol. The third-order valence-electron chi connectivity index (χ3n) is 3.00. The van der Waals surface area contributed by atoms with Crippen LogP contribution in [0.15, 0.2) is 29.4 Å². The van der Waals surface area contributed by atoms with Gasteiger partial charge in [0.2, 0.25) is 0 Å². The second kappa shape index (κ2) is 6.02. The molecule has 1 N–H and O–H groups in total. The van der Waals surface area contributed by atoms with Crippen molar-refractivity contribution >= 4 is 44.9 Å². The SMILES string of the molecule is CSc1nc(C)cc(C(=O)Nc2ccc3nc(C)sc3c2)n1. The molecule has 3 aromatic rings. The van der Waals surface area contributed by atoms with Gasteiger partial charge in [-0.1, -0.05) is 11.8 Å². The van der Waals surface area contributed by atoms with Crippen molar-refractivity contribution in [2.45, 2.75) is 19.0 Å². The Hall–Kier alpha value is -1.99. The van der Waals surface area contributed by atoms with Crippen LogP contribution in [0.5, 0.6) is 0 Å². The van der Waals surface area contributed by atoms with Crippen molar-refractivity contribution in [3.8, 4) is 0 Å². The molecule has 1 amide bonds. The third-order valence-corrected chi connectivity index (χ3v) is 4.48. The summed E-state index contributed by atoms with van der Waals surface area (Å²) in [5, 5.41) is 4.48. The molecule has 0 spiro atoms. The summed E-state index contributed by atoms with van der Waals surface area (Å²) in [6.45, 7) is 3.82. The summed E-state index contributed by atoms with van der Waals surface area (Å²) in [6, 6.07) is 7.38. The van der Waals surface area contributed by atoms with Gasteiger partial charge in [-0.2, -0.15) is 0 Å². The van der Waals surface area contributed by atoms with Crippen molar-refractivity contribution in [2.24, 2.45) is 0 Å².